The van der Waals surface area contributed by atoms with E-state index >= 15 is 0 Å². The number of rotatable bonds is 7. The minimum atomic E-state index is -4.09. The number of aryl methyl sites for hydroxylation is 2. The van der Waals surface area contributed by atoms with Crippen LogP contribution >= 0.6 is 0 Å². The largest absolute Gasteiger partial charge is 0.550 e. The molecule has 7 nitrogen and oxygen atoms in total. The molecule has 0 amide bonds. The van der Waals surface area contributed by atoms with E-state index in [2.05, 4.69) is 0 Å². The monoisotopic (exact) mass is 313 g/mol. The molecule has 0 unspecified atom stereocenters. The van der Waals surface area contributed by atoms with Gasteiger partial charge in [-0.25, -0.2) is 13.1 Å². The predicted octanol–water partition coefficient (Wildman–Crippen LogP) is -1.77. The van der Waals surface area contributed by atoms with Crippen LogP contribution in [0, 0.1) is 13.8 Å². The van der Waals surface area contributed by atoms with Gasteiger partial charge in [-0.05, 0) is 43.9 Å². The highest BCUT2D eigenvalue weighted by molar-refractivity contribution is 7.89. The van der Waals surface area contributed by atoms with Crippen LogP contribution in [0.4, 0.5) is 0 Å². The Kier molecular flexibility index (Phi) is 5.45. The summed E-state index contributed by atoms with van der Waals surface area (Å²) < 4.78 is 26.4. The van der Waals surface area contributed by atoms with Gasteiger partial charge < -0.3 is 19.8 Å². The lowest BCUT2D eigenvalue weighted by Gasteiger charge is -2.20. The number of aliphatic carboxylic acids is 2. The SMILES string of the molecule is Cc1ccc(C)c(S(=O)(=O)N[C@@H](CCC(=O)[O-])C(=O)[O-])c1. The maximum absolute atomic E-state index is 12.2. The molecule has 0 saturated carbocycles. The summed E-state index contributed by atoms with van der Waals surface area (Å²) in [7, 11) is -4.09. The zero-order valence-electron chi connectivity index (χ0n) is 11.6. The van der Waals surface area contributed by atoms with Gasteiger partial charge in [0, 0.05) is 5.97 Å². The molecule has 1 aromatic rings. The third kappa shape index (κ3) is 4.83. The Bertz CT molecular complexity index is 653. The maximum atomic E-state index is 12.2. The fraction of sp³-hybridized carbons (Fsp3) is 0.385. The van der Waals surface area contributed by atoms with Gasteiger partial charge in [0.15, 0.2) is 0 Å². The molecule has 0 spiro atoms. The van der Waals surface area contributed by atoms with Crippen molar-refractivity contribution < 1.29 is 28.2 Å². The molecule has 0 heterocycles. The first-order valence-corrected chi connectivity index (χ1v) is 7.62. The number of nitrogens with one attached hydrogen (secondary N) is 1. The number of carbonyl (C=O) groups excluding carboxylic acids is 2. The molecule has 0 saturated heterocycles. The summed E-state index contributed by atoms with van der Waals surface area (Å²) in [4.78, 5) is 21.2. The van der Waals surface area contributed by atoms with Crippen molar-refractivity contribution in [2.24, 2.45) is 0 Å². The summed E-state index contributed by atoms with van der Waals surface area (Å²) in [5.41, 5.74) is 1.14. The van der Waals surface area contributed by atoms with Crippen molar-refractivity contribution in [2.75, 3.05) is 0 Å². The summed E-state index contributed by atoms with van der Waals surface area (Å²) in [6.07, 6.45) is -1.04. The quantitative estimate of drug-likeness (QED) is 0.635. The van der Waals surface area contributed by atoms with Gasteiger partial charge in [-0.1, -0.05) is 12.1 Å². The molecule has 0 fully saturated rings. The van der Waals surface area contributed by atoms with E-state index in [1.165, 1.54) is 6.07 Å². The lowest BCUT2D eigenvalue weighted by Crippen LogP contribution is -2.48. The highest BCUT2D eigenvalue weighted by Gasteiger charge is 2.22. The Morgan fingerprint density at radius 2 is 1.86 bits per heavy atom. The standard InChI is InChI=1S/C13H17NO6S/c1-8-3-4-9(2)11(7-8)21(19,20)14-10(13(17)18)5-6-12(15)16/h3-4,7,10,14H,5-6H2,1-2H3,(H,15,16)(H,17,18)/p-2/t10-/m0/s1. The molecule has 1 aromatic carbocycles. The van der Waals surface area contributed by atoms with E-state index in [9.17, 15) is 28.2 Å². The van der Waals surface area contributed by atoms with Gasteiger partial charge in [-0.3, -0.25) is 0 Å². The second-order valence-electron chi connectivity index (χ2n) is 4.67. The predicted molar refractivity (Wildman–Crippen MR) is 69.3 cm³/mol. The summed E-state index contributed by atoms with van der Waals surface area (Å²) in [5.74, 6) is -3.16. The van der Waals surface area contributed by atoms with Crippen molar-refractivity contribution in [3.8, 4) is 0 Å². The zero-order valence-corrected chi connectivity index (χ0v) is 12.4. The number of benzene rings is 1. The lowest BCUT2D eigenvalue weighted by atomic mass is 10.2. The number of hydrogen-bond donors (Lipinski definition) is 1. The smallest absolute Gasteiger partial charge is 0.241 e. The first-order chi connectivity index (χ1) is 9.63. The minimum absolute atomic E-state index is 0.0535. The molecule has 0 aliphatic carbocycles. The molecule has 1 atom stereocenters. The third-order valence-electron chi connectivity index (χ3n) is 2.85. The van der Waals surface area contributed by atoms with Crippen LogP contribution in [-0.2, 0) is 19.6 Å². The van der Waals surface area contributed by atoms with E-state index in [0.717, 1.165) is 0 Å². The minimum Gasteiger partial charge on any atom is -0.550 e. The molecule has 0 aliphatic rings. The Hall–Kier alpha value is -1.93. The number of carbonyl (C=O) groups is 2. The van der Waals surface area contributed by atoms with Crippen LogP contribution in [0.3, 0.4) is 0 Å². The lowest BCUT2D eigenvalue weighted by molar-refractivity contribution is -0.309. The molecule has 21 heavy (non-hydrogen) atoms. The summed E-state index contributed by atoms with van der Waals surface area (Å²) >= 11 is 0. The Morgan fingerprint density at radius 1 is 1.24 bits per heavy atom. The molecule has 0 radical (unpaired) electrons. The number of carboxylic acids is 2. The maximum Gasteiger partial charge on any atom is 0.241 e. The molecule has 1 rings (SSSR count). The third-order valence-corrected chi connectivity index (χ3v) is 4.47. The average molecular weight is 313 g/mol. The normalized spacial score (nSPS) is 12.9. The van der Waals surface area contributed by atoms with Gasteiger partial charge in [-0.2, -0.15) is 0 Å². The molecule has 116 valence electrons. The van der Waals surface area contributed by atoms with Crippen LogP contribution in [0.15, 0.2) is 23.1 Å². The van der Waals surface area contributed by atoms with Crippen molar-refractivity contribution in [3.05, 3.63) is 29.3 Å². The highest BCUT2D eigenvalue weighted by Crippen LogP contribution is 2.17. The van der Waals surface area contributed by atoms with E-state index in [1.54, 1.807) is 26.0 Å². The van der Waals surface area contributed by atoms with Crippen molar-refractivity contribution >= 4 is 22.0 Å². The molecular weight excluding hydrogens is 298 g/mol. The second kappa shape index (κ2) is 6.68. The number of hydrogen-bond acceptors (Lipinski definition) is 6. The Labute approximate surface area is 122 Å². The van der Waals surface area contributed by atoms with E-state index in [4.69, 9.17) is 0 Å². The number of sulfonamides is 1. The van der Waals surface area contributed by atoms with E-state index in [-0.39, 0.29) is 4.90 Å². The van der Waals surface area contributed by atoms with Crippen LogP contribution in [0.1, 0.15) is 24.0 Å². The summed E-state index contributed by atoms with van der Waals surface area (Å²) in [5, 5.41) is 21.3. The van der Waals surface area contributed by atoms with Crippen LogP contribution < -0.4 is 14.9 Å². The molecule has 1 N–H and O–H groups in total. The van der Waals surface area contributed by atoms with Crippen LogP contribution in [0.25, 0.3) is 0 Å². The van der Waals surface area contributed by atoms with Crippen molar-refractivity contribution in [1.82, 2.24) is 4.72 Å². The van der Waals surface area contributed by atoms with E-state index < -0.39 is 40.8 Å². The zero-order chi connectivity index (χ0) is 16.2. The first-order valence-electron chi connectivity index (χ1n) is 6.14. The van der Waals surface area contributed by atoms with Gasteiger partial charge in [0.2, 0.25) is 10.0 Å². The van der Waals surface area contributed by atoms with Gasteiger partial charge in [-0.15, -0.1) is 0 Å². The molecule has 8 heteroatoms. The highest BCUT2D eigenvalue weighted by atomic mass is 32.2. The van der Waals surface area contributed by atoms with Gasteiger partial charge >= 0.3 is 0 Å². The molecule has 0 bridgehead atoms. The van der Waals surface area contributed by atoms with Gasteiger partial charge in [0.25, 0.3) is 0 Å². The van der Waals surface area contributed by atoms with Crippen molar-refractivity contribution in [2.45, 2.75) is 37.6 Å². The van der Waals surface area contributed by atoms with Gasteiger partial charge in [0.1, 0.15) is 0 Å². The molecular formula is C13H15NO6S-2. The fourth-order valence-corrected chi connectivity index (χ4v) is 3.28. The average Bonchev–Trinajstić information content (AvgIpc) is 2.36. The Morgan fingerprint density at radius 3 is 2.38 bits per heavy atom. The van der Waals surface area contributed by atoms with Gasteiger partial charge in [0.05, 0.1) is 16.9 Å². The Balaban J connectivity index is 3.03. The fourth-order valence-electron chi connectivity index (χ4n) is 1.73. The number of carboxylic acid groups (broad SMARTS) is 2. The van der Waals surface area contributed by atoms with E-state index in [1.807, 2.05) is 4.72 Å². The van der Waals surface area contributed by atoms with Crippen molar-refractivity contribution in [3.63, 3.8) is 0 Å². The van der Waals surface area contributed by atoms with Crippen LogP contribution in [-0.4, -0.2) is 26.4 Å². The topological polar surface area (TPSA) is 126 Å². The first kappa shape index (κ1) is 17.1. The second-order valence-corrected chi connectivity index (χ2v) is 6.35. The van der Waals surface area contributed by atoms with Crippen molar-refractivity contribution in [1.29, 1.82) is 0 Å². The molecule has 0 aliphatic heterocycles. The summed E-state index contributed by atoms with van der Waals surface area (Å²) in [6, 6.07) is 3.09. The van der Waals surface area contributed by atoms with Crippen LogP contribution in [0.5, 0.6) is 0 Å². The van der Waals surface area contributed by atoms with E-state index in [0.29, 0.717) is 11.1 Å². The van der Waals surface area contributed by atoms with Crippen LogP contribution in [0.2, 0.25) is 0 Å². The molecule has 0 aromatic heterocycles. The summed E-state index contributed by atoms with van der Waals surface area (Å²) in [6.45, 7) is 3.27.